The first-order valence-electron chi connectivity index (χ1n) is 8.66. The minimum absolute atomic E-state index is 0.298. The van der Waals surface area contributed by atoms with Gasteiger partial charge in [-0.05, 0) is 49.8 Å². The van der Waals surface area contributed by atoms with Crippen molar-refractivity contribution in [3.05, 3.63) is 57.0 Å². The monoisotopic (exact) mass is 370 g/mol. The maximum atomic E-state index is 5.89. The Hall–Kier alpha value is -1.69. The fourth-order valence-electron chi connectivity index (χ4n) is 3.24. The minimum atomic E-state index is 0.298. The summed E-state index contributed by atoms with van der Waals surface area (Å²) in [6.45, 7) is 6.01. The van der Waals surface area contributed by atoms with Gasteiger partial charge in [-0.25, -0.2) is 4.99 Å². The number of ether oxygens (including phenoxy) is 1. The molecule has 1 aliphatic rings. The first kappa shape index (κ1) is 16.8. The first-order valence-corrected chi connectivity index (χ1v) is 10.4. The zero-order valence-electron chi connectivity index (χ0n) is 14.6. The highest BCUT2D eigenvalue weighted by molar-refractivity contribution is 7.14. The van der Waals surface area contributed by atoms with Crippen molar-refractivity contribution in [3.8, 4) is 10.6 Å². The van der Waals surface area contributed by atoms with Crippen LogP contribution >= 0.6 is 22.7 Å². The van der Waals surface area contributed by atoms with E-state index in [4.69, 9.17) is 9.73 Å². The molecular formula is C20H22N2OS2. The Morgan fingerprint density at radius 2 is 2.16 bits per heavy atom. The van der Waals surface area contributed by atoms with Gasteiger partial charge in [0.2, 0.25) is 0 Å². The molecule has 3 heterocycles. The second-order valence-corrected chi connectivity index (χ2v) is 8.31. The van der Waals surface area contributed by atoms with Gasteiger partial charge < -0.3 is 9.30 Å². The molecule has 1 saturated heterocycles. The van der Waals surface area contributed by atoms with Gasteiger partial charge in [-0.3, -0.25) is 0 Å². The van der Waals surface area contributed by atoms with Crippen LogP contribution in [0.3, 0.4) is 0 Å². The standard InChI is InChI=1S/C20H22N2OS2/c1-14-7-8-17(15(2)11-14)21-20-22(12-16-5-3-9-23-16)18(13-25-20)19-6-4-10-24-19/h4,6-8,10-11,13,16H,3,5,9,12H2,1-2H3. The van der Waals surface area contributed by atoms with Crippen molar-refractivity contribution in [2.75, 3.05) is 6.61 Å². The van der Waals surface area contributed by atoms with Gasteiger partial charge in [-0.2, -0.15) is 0 Å². The molecule has 130 valence electrons. The highest BCUT2D eigenvalue weighted by atomic mass is 32.1. The van der Waals surface area contributed by atoms with E-state index in [0.717, 1.165) is 36.5 Å². The second kappa shape index (κ2) is 7.28. The van der Waals surface area contributed by atoms with Gasteiger partial charge in [-0.15, -0.1) is 22.7 Å². The van der Waals surface area contributed by atoms with Crippen molar-refractivity contribution < 1.29 is 4.74 Å². The van der Waals surface area contributed by atoms with E-state index in [0.29, 0.717) is 6.10 Å². The minimum Gasteiger partial charge on any atom is -0.376 e. The normalized spacial score (nSPS) is 18.2. The van der Waals surface area contributed by atoms with E-state index in [9.17, 15) is 0 Å². The summed E-state index contributed by atoms with van der Waals surface area (Å²) in [6.07, 6.45) is 2.59. The summed E-state index contributed by atoms with van der Waals surface area (Å²) in [7, 11) is 0. The number of benzene rings is 1. The Bertz CT molecular complexity index is 916. The van der Waals surface area contributed by atoms with Crippen LogP contribution in [0.2, 0.25) is 0 Å². The van der Waals surface area contributed by atoms with Crippen molar-refractivity contribution in [2.24, 2.45) is 4.99 Å². The van der Waals surface area contributed by atoms with Gasteiger partial charge in [0.05, 0.1) is 28.9 Å². The molecule has 5 heteroatoms. The molecule has 0 bridgehead atoms. The van der Waals surface area contributed by atoms with Crippen molar-refractivity contribution in [1.82, 2.24) is 4.57 Å². The largest absolute Gasteiger partial charge is 0.376 e. The Labute approximate surface area is 156 Å². The van der Waals surface area contributed by atoms with Crippen LogP contribution in [0.1, 0.15) is 24.0 Å². The third-order valence-corrected chi connectivity index (χ3v) is 6.31. The van der Waals surface area contributed by atoms with Gasteiger partial charge in [0, 0.05) is 12.0 Å². The van der Waals surface area contributed by atoms with Crippen LogP contribution in [0.4, 0.5) is 5.69 Å². The summed E-state index contributed by atoms with van der Waals surface area (Å²) in [6, 6.07) is 10.7. The molecule has 0 N–H and O–H groups in total. The Kier molecular flexibility index (Phi) is 4.88. The van der Waals surface area contributed by atoms with E-state index in [2.05, 4.69) is 59.5 Å². The van der Waals surface area contributed by atoms with Crippen molar-refractivity contribution in [2.45, 2.75) is 39.3 Å². The molecule has 1 aliphatic heterocycles. The Morgan fingerprint density at radius 3 is 2.88 bits per heavy atom. The first-order chi connectivity index (χ1) is 12.2. The van der Waals surface area contributed by atoms with E-state index >= 15 is 0 Å². The summed E-state index contributed by atoms with van der Waals surface area (Å²) in [5.41, 5.74) is 4.79. The number of aryl methyl sites for hydroxylation is 2. The highest BCUT2D eigenvalue weighted by Gasteiger charge is 2.19. The van der Waals surface area contributed by atoms with Crippen molar-refractivity contribution in [3.63, 3.8) is 0 Å². The molecular weight excluding hydrogens is 348 g/mol. The van der Waals surface area contributed by atoms with Crippen LogP contribution in [0, 0.1) is 13.8 Å². The summed E-state index contributed by atoms with van der Waals surface area (Å²) >= 11 is 3.49. The molecule has 0 saturated carbocycles. The SMILES string of the molecule is Cc1ccc(N=c2scc(-c3cccs3)n2CC2CCCO2)c(C)c1. The quantitative estimate of drug-likeness (QED) is 0.611. The lowest BCUT2D eigenvalue weighted by molar-refractivity contribution is 0.0968. The highest BCUT2D eigenvalue weighted by Crippen LogP contribution is 2.27. The van der Waals surface area contributed by atoms with Crippen LogP contribution in [-0.2, 0) is 11.3 Å². The molecule has 0 radical (unpaired) electrons. The molecule has 1 unspecified atom stereocenters. The van der Waals surface area contributed by atoms with E-state index in [1.165, 1.54) is 21.7 Å². The fourth-order valence-corrected chi connectivity index (χ4v) is 4.99. The molecule has 1 aromatic carbocycles. The zero-order chi connectivity index (χ0) is 17.2. The molecule has 2 aromatic heterocycles. The number of thiophene rings is 1. The lowest BCUT2D eigenvalue weighted by Gasteiger charge is -2.13. The predicted molar refractivity (Wildman–Crippen MR) is 106 cm³/mol. The fraction of sp³-hybridized carbons (Fsp3) is 0.350. The van der Waals surface area contributed by atoms with Gasteiger partial charge in [-0.1, -0.05) is 23.8 Å². The second-order valence-electron chi connectivity index (χ2n) is 6.53. The number of rotatable bonds is 4. The summed E-state index contributed by atoms with van der Waals surface area (Å²) in [5.74, 6) is 0. The molecule has 1 fully saturated rings. The third kappa shape index (κ3) is 3.64. The number of hydrogen-bond acceptors (Lipinski definition) is 4. The summed E-state index contributed by atoms with van der Waals surface area (Å²) in [4.78, 5) is 7.32. The van der Waals surface area contributed by atoms with E-state index in [1.54, 1.807) is 22.7 Å². The molecule has 0 amide bonds. The molecule has 3 aromatic rings. The predicted octanol–water partition coefficient (Wildman–Crippen LogP) is 5.31. The van der Waals surface area contributed by atoms with Crippen LogP contribution in [-0.4, -0.2) is 17.3 Å². The molecule has 3 nitrogen and oxygen atoms in total. The molecule has 25 heavy (non-hydrogen) atoms. The summed E-state index contributed by atoms with van der Waals surface area (Å²) < 4.78 is 8.23. The van der Waals surface area contributed by atoms with Gasteiger partial charge in [0.25, 0.3) is 0 Å². The Morgan fingerprint density at radius 1 is 1.24 bits per heavy atom. The topological polar surface area (TPSA) is 26.5 Å². The maximum absolute atomic E-state index is 5.89. The molecule has 0 aliphatic carbocycles. The zero-order valence-corrected chi connectivity index (χ0v) is 16.2. The Balaban J connectivity index is 1.79. The van der Waals surface area contributed by atoms with Crippen LogP contribution < -0.4 is 4.80 Å². The number of aromatic nitrogens is 1. The lowest BCUT2D eigenvalue weighted by Crippen LogP contribution is -2.23. The van der Waals surface area contributed by atoms with E-state index in [-0.39, 0.29) is 0 Å². The van der Waals surface area contributed by atoms with Gasteiger partial charge in [0.15, 0.2) is 4.80 Å². The lowest BCUT2D eigenvalue weighted by atomic mass is 10.1. The van der Waals surface area contributed by atoms with Crippen LogP contribution in [0.15, 0.2) is 46.1 Å². The van der Waals surface area contributed by atoms with Crippen LogP contribution in [0.25, 0.3) is 10.6 Å². The molecule has 0 spiro atoms. The molecule has 1 atom stereocenters. The number of thiazole rings is 1. The van der Waals surface area contributed by atoms with Gasteiger partial charge >= 0.3 is 0 Å². The molecule has 4 rings (SSSR count). The number of nitrogens with zero attached hydrogens (tertiary/aromatic N) is 2. The smallest absolute Gasteiger partial charge is 0.190 e. The van der Waals surface area contributed by atoms with Crippen molar-refractivity contribution in [1.29, 1.82) is 0 Å². The average Bonchev–Trinajstić information content (AvgIpc) is 3.33. The van der Waals surface area contributed by atoms with Crippen LogP contribution in [0.5, 0.6) is 0 Å². The van der Waals surface area contributed by atoms with Crippen molar-refractivity contribution >= 4 is 28.4 Å². The van der Waals surface area contributed by atoms with E-state index < -0.39 is 0 Å². The van der Waals surface area contributed by atoms with E-state index in [1.807, 2.05) is 0 Å². The van der Waals surface area contributed by atoms with Gasteiger partial charge in [0.1, 0.15) is 0 Å². The number of hydrogen-bond donors (Lipinski definition) is 0. The maximum Gasteiger partial charge on any atom is 0.190 e. The average molecular weight is 371 g/mol. The third-order valence-electron chi connectivity index (χ3n) is 4.55. The summed E-state index contributed by atoms with van der Waals surface area (Å²) in [5, 5.41) is 4.35.